The van der Waals surface area contributed by atoms with Crippen LogP contribution in [0.3, 0.4) is 0 Å². The first-order chi connectivity index (χ1) is 12.0. The molecule has 1 N–H and O–H groups in total. The molecule has 0 unspecified atom stereocenters. The van der Waals surface area contributed by atoms with E-state index in [-0.39, 0.29) is 5.91 Å². The zero-order valence-electron chi connectivity index (χ0n) is 16.0. The number of amides is 1. The van der Waals surface area contributed by atoms with Gasteiger partial charge in [-0.2, -0.15) is 0 Å². The van der Waals surface area contributed by atoms with Gasteiger partial charge in [0.05, 0.1) is 6.10 Å². The molecule has 140 valence electrons. The van der Waals surface area contributed by atoms with Gasteiger partial charge >= 0.3 is 0 Å². The number of ether oxygens (including phenoxy) is 1. The minimum atomic E-state index is 0.0309. The van der Waals surface area contributed by atoms with Crippen LogP contribution >= 0.6 is 0 Å². The highest BCUT2D eigenvalue weighted by molar-refractivity contribution is 5.92. The summed E-state index contributed by atoms with van der Waals surface area (Å²) in [6.07, 6.45) is 7.93. The third-order valence-electron chi connectivity index (χ3n) is 5.72. The van der Waals surface area contributed by atoms with Crippen molar-refractivity contribution in [1.82, 2.24) is 14.8 Å². The molecule has 5 heteroatoms. The van der Waals surface area contributed by atoms with Crippen LogP contribution in [0, 0.1) is 5.92 Å². The molecule has 5 nitrogen and oxygen atoms in total. The topological polar surface area (TPSA) is 48.6 Å². The molecule has 1 aliphatic heterocycles. The number of aromatic nitrogens is 1. The van der Waals surface area contributed by atoms with Crippen molar-refractivity contribution in [3.05, 3.63) is 23.5 Å². The Kier molecular flexibility index (Phi) is 6.18. The molecule has 2 fully saturated rings. The van der Waals surface area contributed by atoms with Gasteiger partial charge in [-0.1, -0.05) is 6.92 Å². The van der Waals surface area contributed by atoms with Crippen molar-refractivity contribution in [3.8, 4) is 0 Å². The van der Waals surface area contributed by atoms with E-state index in [0.717, 1.165) is 31.3 Å². The van der Waals surface area contributed by atoms with Crippen LogP contribution in [0.4, 0.5) is 0 Å². The standard InChI is InChI=1S/C20H33N3O2/c1-15-6-9-17(10-7-15)23(14-18-5-4-12-25-18)13-16-8-11-19(21-16)20(24)22(2)3/h8,11,15,17-18,21H,4-7,9-10,12-14H2,1-3H3/t15?,17?,18-/m1/s1. The minimum Gasteiger partial charge on any atom is -0.377 e. The van der Waals surface area contributed by atoms with E-state index in [1.165, 1.54) is 38.5 Å². The molecule has 1 amide bonds. The zero-order valence-corrected chi connectivity index (χ0v) is 16.0. The predicted molar refractivity (Wildman–Crippen MR) is 99.6 cm³/mol. The van der Waals surface area contributed by atoms with Gasteiger partial charge in [-0.05, 0) is 56.6 Å². The third kappa shape index (κ3) is 4.85. The maximum Gasteiger partial charge on any atom is 0.269 e. The summed E-state index contributed by atoms with van der Waals surface area (Å²) in [5, 5.41) is 0. The Morgan fingerprint density at radius 2 is 1.96 bits per heavy atom. The van der Waals surface area contributed by atoms with Gasteiger partial charge in [-0.3, -0.25) is 9.69 Å². The lowest BCUT2D eigenvalue weighted by Gasteiger charge is -2.37. The molecule has 0 spiro atoms. The van der Waals surface area contributed by atoms with Crippen LogP contribution in [0.15, 0.2) is 12.1 Å². The van der Waals surface area contributed by atoms with Crippen LogP contribution in [-0.2, 0) is 11.3 Å². The maximum absolute atomic E-state index is 12.1. The molecule has 1 saturated heterocycles. The number of carbonyl (C=O) groups is 1. The molecule has 1 aliphatic carbocycles. The molecule has 1 aromatic rings. The van der Waals surface area contributed by atoms with E-state index in [0.29, 0.717) is 17.8 Å². The van der Waals surface area contributed by atoms with E-state index < -0.39 is 0 Å². The molecule has 1 saturated carbocycles. The van der Waals surface area contributed by atoms with Crippen molar-refractivity contribution in [3.63, 3.8) is 0 Å². The highest BCUT2D eigenvalue weighted by atomic mass is 16.5. The van der Waals surface area contributed by atoms with Crippen molar-refractivity contribution < 1.29 is 9.53 Å². The molecular formula is C20H33N3O2. The number of H-pyrrole nitrogens is 1. The van der Waals surface area contributed by atoms with Crippen molar-refractivity contribution in [2.75, 3.05) is 27.2 Å². The summed E-state index contributed by atoms with van der Waals surface area (Å²) in [5.74, 6) is 0.888. The minimum absolute atomic E-state index is 0.0309. The number of hydrogen-bond acceptors (Lipinski definition) is 3. The van der Waals surface area contributed by atoms with Crippen molar-refractivity contribution in [2.24, 2.45) is 5.92 Å². The van der Waals surface area contributed by atoms with E-state index in [1.54, 1.807) is 19.0 Å². The molecule has 0 aromatic carbocycles. The van der Waals surface area contributed by atoms with Crippen molar-refractivity contribution >= 4 is 5.91 Å². The lowest BCUT2D eigenvalue weighted by Crippen LogP contribution is -2.41. The first kappa shape index (κ1) is 18.5. The molecule has 3 rings (SSSR count). The third-order valence-corrected chi connectivity index (χ3v) is 5.72. The van der Waals surface area contributed by atoms with Crippen LogP contribution in [0.1, 0.15) is 61.6 Å². The largest absolute Gasteiger partial charge is 0.377 e. The second-order valence-corrected chi connectivity index (χ2v) is 8.07. The fourth-order valence-electron chi connectivity index (χ4n) is 4.12. The summed E-state index contributed by atoms with van der Waals surface area (Å²) in [6.45, 7) is 5.16. The average molecular weight is 348 g/mol. The van der Waals surface area contributed by atoms with Gasteiger partial charge in [0, 0.05) is 45.5 Å². The predicted octanol–water partition coefficient (Wildman–Crippen LogP) is 3.28. The Balaban J connectivity index is 1.67. The lowest BCUT2D eigenvalue weighted by molar-refractivity contribution is 0.0405. The number of carbonyl (C=O) groups excluding carboxylic acids is 1. The number of rotatable bonds is 6. The Morgan fingerprint density at radius 3 is 2.60 bits per heavy atom. The summed E-state index contributed by atoms with van der Waals surface area (Å²) in [6, 6.07) is 4.60. The summed E-state index contributed by atoms with van der Waals surface area (Å²) >= 11 is 0. The average Bonchev–Trinajstić information content (AvgIpc) is 3.26. The van der Waals surface area contributed by atoms with Gasteiger partial charge < -0.3 is 14.6 Å². The zero-order chi connectivity index (χ0) is 17.8. The summed E-state index contributed by atoms with van der Waals surface area (Å²) in [5.41, 5.74) is 1.80. The normalized spacial score (nSPS) is 27.0. The van der Waals surface area contributed by atoms with Crippen molar-refractivity contribution in [2.45, 2.75) is 64.1 Å². The molecule has 25 heavy (non-hydrogen) atoms. The van der Waals surface area contributed by atoms with E-state index >= 15 is 0 Å². The van der Waals surface area contributed by atoms with E-state index in [1.807, 2.05) is 6.07 Å². The van der Waals surface area contributed by atoms with Gasteiger partial charge in [0.1, 0.15) is 5.69 Å². The summed E-state index contributed by atoms with van der Waals surface area (Å²) in [7, 11) is 3.57. The highest BCUT2D eigenvalue weighted by Crippen LogP contribution is 2.29. The SMILES string of the molecule is CC1CCC(N(Cc2ccc(C(=O)N(C)C)[nH]2)C[C@H]2CCCO2)CC1. The van der Waals surface area contributed by atoms with Gasteiger partial charge in [-0.25, -0.2) is 0 Å². The first-order valence-electron chi connectivity index (χ1n) is 9.78. The molecule has 0 radical (unpaired) electrons. The van der Waals surface area contributed by atoms with Crippen LogP contribution < -0.4 is 0 Å². The highest BCUT2D eigenvalue weighted by Gasteiger charge is 2.28. The Hall–Kier alpha value is -1.33. The molecule has 1 atom stereocenters. The number of aromatic amines is 1. The van der Waals surface area contributed by atoms with E-state index in [2.05, 4.69) is 22.9 Å². The monoisotopic (exact) mass is 347 g/mol. The quantitative estimate of drug-likeness (QED) is 0.859. The second-order valence-electron chi connectivity index (χ2n) is 8.07. The number of nitrogens with one attached hydrogen (secondary N) is 1. The van der Waals surface area contributed by atoms with Crippen LogP contribution in [-0.4, -0.2) is 60.1 Å². The first-order valence-corrected chi connectivity index (χ1v) is 9.78. The van der Waals surface area contributed by atoms with Crippen molar-refractivity contribution in [1.29, 1.82) is 0 Å². The Bertz CT molecular complexity index is 555. The molecular weight excluding hydrogens is 314 g/mol. The number of hydrogen-bond donors (Lipinski definition) is 1. The fraction of sp³-hybridized carbons (Fsp3) is 0.750. The van der Waals surface area contributed by atoms with Gasteiger partial charge in [0.2, 0.25) is 0 Å². The van der Waals surface area contributed by atoms with E-state index in [4.69, 9.17) is 4.74 Å². The molecule has 2 aliphatic rings. The Labute approximate surface area is 151 Å². The van der Waals surface area contributed by atoms with Gasteiger partial charge in [0.15, 0.2) is 0 Å². The summed E-state index contributed by atoms with van der Waals surface area (Å²) < 4.78 is 5.90. The maximum atomic E-state index is 12.1. The van der Waals surface area contributed by atoms with Crippen LogP contribution in [0.25, 0.3) is 0 Å². The van der Waals surface area contributed by atoms with Crippen LogP contribution in [0.5, 0.6) is 0 Å². The fourth-order valence-corrected chi connectivity index (χ4v) is 4.12. The summed E-state index contributed by atoms with van der Waals surface area (Å²) in [4.78, 5) is 19.7. The lowest BCUT2D eigenvalue weighted by atomic mass is 9.86. The molecule has 2 heterocycles. The molecule has 0 bridgehead atoms. The van der Waals surface area contributed by atoms with Gasteiger partial charge in [0.25, 0.3) is 5.91 Å². The van der Waals surface area contributed by atoms with Gasteiger partial charge in [-0.15, -0.1) is 0 Å². The second kappa shape index (κ2) is 8.37. The molecule has 1 aromatic heterocycles. The smallest absolute Gasteiger partial charge is 0.269 e. The number of nitrogens with zero attached hydrogens (tertiary/aromatic N) is 2. The van der Waals surface area contributed by atoms with E-state index in [9.17, 15) is 4.79 Å². The van der Waals surface area contributed by atoms with Crippen LogP contribution in [0.2, 0.25) is 0 Å². The Morgan fingerprint density at radius 1 is 1.20 bits per heavy atom.